The minimum atomic E-state index is -0.304. The molecule has 2 rings (SSSR count). The van der Waals surface area contributed by atoms with Gasteiger partial charge in [0.1, 0.15) is 5.82 Å². The van der Waals surface area contributed by atoms with Gasteiger partial charge in [0.25, 0.3) is 0 Å². The van der Waals surface area contributed by atoms with Gasteiger partial charge in [0.2, 0.25) is 0 Å². The van der Waals surface area contributed by atoms with Crippen LogP contribution in [-0.2, 0) is 0 Å². The summed E-state index contributed by atoms with van der Waals surface area (Å²) in [5.74, 6) is 5.29. The van der Waals surface area contributed by atoms with Crippen LogP contribution in [0.2, 0.25) is 0 Å². The number of rotatable bonds is 3. The molecule has 0 aliphatic carbocycles. The molecule has 1 aromatic heterocycles. The normalized spacial score (nSPS) is 12.4. The lowest BCUT2D eigenvalue weighted by Crippen LogP contribution is -2.29. The Hall–Kier alpha value is -1.30. The molecule has 1 unspecified atom stereocenters. The summed E-state index contributed by atoms with van der Waals surface area (Å²) >= 11 is 3.28. The summed E-state index contributed by atoms with van der Waals surface area (Å²) in [6.07, 6.45) is 3.45. The van der Waals surface area contributed by atoms with E-state index in [1.54, 1.807) is 12.4 Å². The summed E-state index contributed by atoms with van der Waals surface area (Å²) in [7, 11) is 0. The van der Waals surface area contributed by atoms with Gasteiger partial charge in [0.05, 0.1) is 6.04 Å². The van der Waals surface area contributed by atoms with Crippen LogP contribution < -0.4 is 11.3 Å². The van der Waals surface area contributed by atoms with Crippen molar-refractivity contribution in [3.63, 3.8) is 0 Å². The van der Waals surface area contributed by atoms with E-state index in [0.29, 0.717) is 4.47 Å². The molecule has 1 aromatic carbocycles. The van der Waals surface area contributed by atoms with E-state index in [0.717, 1.165) is 16.7 Å². The first-order valence-corrected chi connectivity index (χ1v) is 6.23. The third-order valence-corrected chi connectivity index (χ3v) is 3.23. The van der Waals surface area contributed by atoms with Crippen molar-refractivity contribution in [2.45, 2.75) is 13.0 Å². The number of nitrogens with one attached hydrogen (secondary N) is 1. The summed E-state index contributed by atoms with van der Waals surface area (Å²) in [4.78, 5) is 4.08. The largest absolute Gasteiger partial charge is 0.271 e. The third kappa shape index (κ3) is 2.75. The summed E-state index contributed by atoms with van der Waals surface area (Å²) < 4.78 is 14.1. The Bertz CT molecular complexity index is 539. The molecule has 1 atom stereocenters. The Balaban J connectivity index is 2.48. The number of hydrogen-bond acceptors (Lipinski definition) is 3. The highest BCUT2D eigenvalue weighted by Gasteiger charge is 2.16. The van der Waals surface area contributed by atoms with Crippen LogP contribution >= 0.6 is 15.9 Å². The third-order valence-electron chi connectivity index (χ3n) is 2.78. The molecule has 0 aliphatic rings. The SMILES string of the molecule is Cc1ccncc1C(NN)c1cc(F)cc(Br)c1. The lowest BCUT2D eigenvalue weighted by Gasteiger charge is -2.18. The Morgan fingerprint density at radius 2 is 2.17 bits per heavy atom. The fraction of sp³-hybridized carbons (Fsp3) is 0.154. The van der Waals surface area contributed by atoms with E-state index < -0.39 is 0 Å². The Morgan fingerprint density at radius 3 is 2.78 bits per heavy atom. The number of hydrogen-bond donors (Lipinski definition) is 2. The summed E-state index contributed by atoms with van der Waals surface area (Å²) in [5, 5.41) is 0. The maximum Gasteiger partial charge on any atom is 0.124 e. The van der Waals surface area contributed by atoms with Gasteiger partial charge in [-0.25, -0.2) is 9.82 Å². The molecule has 18 heavy (non-hydrogen) atoms. The Morgan fingerprint density at radius 1 is 1.39 bits per heavy atom. The second kappa shape index (κ2) is 5.56. The molecule has 3 nitrogen and oxygen atoms in total. The van der Waals surface area contributed by atoms with E-state index in [4.69, 9.17) is 5.84 Å². The number of nitrogens with zero attached hydrogens (tertiary/aromatic N) is 1. The van der Waals surface area contributed by atoms with Crippen molar-refractivity contribution >= 4 is 15.9 Å². The second-order valence-electron chi connectivity index (χ2n) is 4.03. The van der Waals surface area contributed by atoms with E-state index in [9.17, 15) is 4.39 Å². The molecule has 0 saturated carbocycles. The van der Waals surface area contributed by atoms with Crippen molar-refractivity contribution in [3.8, 4) is 0 Å². The second-order valence-corrected chi connectivity index (χ2v) is 4.95. The number of hydrazine groups is 1. The van der Waals surface area contributed by atoms with E-state index in [2.05, 4.69) is 26.3 Å². The van der Waals surface area contributed by atoms with E-state index in [1.165, 1.54) is 12.1 Å². The maximum atomic E-state index is 13.4. The predicted molar refractivity (Wildman–Crippen MR) is 72.2 cm³/mol. The highest BCUT2D eigenvalue weighted by Crippen LogP contribution is 2.26. The molecule has 0 spiro atoms. The average Bonchev–Trinajstić information content (AvgIpc) is 2.31. The molecule has 0 amide bonds. The summed E-state index contributed by atoms with van der Waals surface area (Å²) in [5.41, 5.74) is 5.43. The first kappa shape index (κ1) is 13.1. The maximum absolute atomic E-state index is 13.4. The zero-order valence-electron chi connectivity index (χ0n) is 9.82. The van der Waals surface area contributed by atoms with Gasteiger partial charge < -0.3 is 0 Å². The van der Waals surface area contributed by atoms with Crippen LogP contribution in [-0.4, -0.2) is 4.98 Å². The monoisotopic (exact) mass is 309 g/mol. The molecular weight excluding hydrogens is 297 g/mol. The van der Waals surface area contributed by atoms with Crippen LogP contribution in [0, 0.1) is 12.7 Å². The number of aryl methyl sites for hydroxylation is 1. The van der Waals surface area contributed by atoms with Crippen molar-refractivity contribution in [1.82, 2.24) is 10.4 Å². The topological polar surface area (TPSA) is 50.9 Å². The number of pyridine rings is 1. The number of halogens is 2. The minimum absolute atomic E-state index is 0.286. The number of aromatic nitrogens is 1. The van der Waals surface area contributed by atoms with Gasteiger partial charge in [-0.15, -0.1) is 0 Å². The minimum Gasteiger partial charge on any atom is -0.271 e. The van der Waals surface area contributed by atoms with Crippen LogP contribution in [0.15, 0.2) is 41.1 Å². The smallest absolute Gasteiger partial charge is 0.124 e. The van der Waals surface area contributed by atoms with Gasteiger partial charge in [0, 0.05) is 16.9 Å². The standard InChI is InChI=1S/C13H13BrFN3/c1-8-2-3-17-7-12(8)13(18-16)9-4-10(14)6-11(15)5-9/h2-7,13,18H,16H2,1H3. The van der Waals surface area contributed by atoms with Crippen LogP contribution in [0.3, 0.4) is 0 Å². The van der Waals surface area contributed by atoms with Crippen molar-refractivity contribution < 1.29 is 4.39 Å². The quantitative estimate of drug-likeness (QED) is 0.677. The molecule has 1 heterocycles. The molecule has 0 aliphatic heterocycles. The zero-order valence-corrected chi connectivity index (χ0v) is 11.4. The lowest BCUT2D eigenvalue weighted by molar-refractivity contribution is 0.602. The van der Waals surface area contributed by atoms with Crippen molar-refractivity contribution in [3.05, 3.63) is 63.6 Å². The van der Waals surface area contributed by atoms with Gasteiger partial charge in [0.15, 0.2) is 0 Å². The van der Waals surface area contributed by atoms with Crippen molar-refractivity contribution in [1.29, 1.82) is 0 Å². The highest BCUT2D eigenvalue weighted by molar-refractivity contribution is 9.10. The van der Waals surface area contributed by atoms with E-state index in [-0.39, 0.29) is 11.9 Å². The molecule has 94 valence electrons. The number of benzene rings is 1. The predicted octanol–water partition coefficient (Wildman–Crippen LogP) is 2.84. The Labute approximate surface area is 113 Å². The first-order valence-electron chi connectivity index (χ1n) is 5.44. The van der Waals surface area contributed by atoms with Gasteiger partial charge in [-0.3, -0.25) is 10.8 Å². The zero-order chi connectivity index (χ0) is 13.1. The van der Waals surface area contributed by atoms with Gasteiger partial charge >= 0.3 is 0 Å². The molecule has 0 bridgehead atoms. The van der Waals surface area contributed by atoms with E-state index >= 15 is 0 Å². The molecule has 2 aromatic rings. The Kier molecular flexibility index (Phi) is 4.06. The molecule has 0 saturated heterocycles. The molecule has 0 radical (unpaired) electrons. The first-order chi connectivity index (χ1) is 8.61. The average molecular weight is 310 g/mol. The van der Waals surface area contributed by atoms with Crippen LogP contribution in [0.4, 0.5) is 4.39 Å². The van der Waals surface area contributed by atoms with Crippen molar-refractivity contribution in [2.24, 2.45) is 5.84 Å². The fourth-order valence-corrected chi connectivity index (χ4v) is 2.37. The van der Waals surface area contributed by atoms with Gasteiger partial charge in [-0.05, 0) is 47.9 Å². The molecule has 0 fully saturated rings. The van der Waals surface area contributed by atoms with E-state index in [1.807, 2.05) is 19.1 Å². The summed E-state index contributed by atoms with van der Waals surface area (Å²) in [6.45, 7) is 1.97. The van der Waals surface area contributed by atoms with Crippen LogP contribution in [0.1, 0.15) is 22.7 Å². The molecular formula is C13H13BrFN3. The summed E-state index contributed by atoms with van der Waals surface area (Å²) in [6, 6.07) is 6.31. The fourth-order valence-electron chi connectivity index (χ4n) is 1.89. The highest BCUT2D eigenvalue weighted by atomic mass is 79.9. The van der Waals surface area contributed by atoms with Crippen LogP contribution in [0.5, 0.6) is 0 Å². The number of nitrogens with two attached hydrogens (primary N) is 1. The molecule has 3 N–H and O–H groups in total. The molecule has 5 heteroatoms. The van der Waals surface area contributed by atoms with Crippen molar-refractivity contribution in [2.75, 3.05) is 0 Å². The lowest BCUT2D eigenvalue weighted by atomic mass is 9.97. The van der Waals surface area contributed by atoms with Gasteiger partial charge in [-0.1, -0.05) is 15.9 Å². The van der Waals surface area contributed by atoms with Crippen LogP contribution in [0.25, 0.3) is 0 Å². The van der Waals surface area contributed by atoms with Gasteiger partial charge in [-0.2, -0.15) is 0 Å².